The molecule has 19 heavy (non-hydrogen) atoms. The molecule has 0 amide bonds. The summed E-state index contributed by atoms with van der Waals surface area (Å²) in [6, 6.07) is 2.08. The molecule has 104 valence electrons. The maximum absolute atomic E-state index is 9.80. The molecule has 0 aromatic carbocycles. The Morgan fingerprint density at radius 3 is 2.89 bits per heavy atom. The fraction of sp³-hybridized carbons (Fsp3) is 0.538. The predicted octanol–water partition coefficient (Wildman–Crippen LogP) is 2.61. The quantitative estimate of drug-likeness (QED) is 0.759. The first-order valence-corrected chi connectivity index (χ1v) is 7.33. The zero-order chi connectivity index (χ0) is 13.8. The number of anilines is 2. The fourth-order valence-corrected chi connectivity index (χ4v) is 2.82. The Morgan fingerprint density at radius 1 is 1.42 bits per heavy atom. The van der Waals surface area contributed by atoms with Gasteiger partial charge in [0.15, 0.2) is 0 Å². The zero-order valence-corrected chi connectivity index (χ0v) is 12.3. The van der Waals surface area contributed by atoms with Crippen molar-refractivity contribution in [2.45, 2.75) is 32.8 Å². The van der Waals surface area contributed by atoms with Crippen LogP contribution < -0.4 is 10.6 Å². The molecule has 0 aliphatic carbocycles. The molecule has 2 aromatic rings. The molecule has 0 bridgehead atoms. The highest BCUT2D eigenvalue weighted by atomic mass is 32.1. The van der Waals surface area contributed by atoms with Crippen molar-refractivity contribution in [2.75, 3.05) is 24.2 Å². The molecule has 2 aromatic heterocycles. The molecule has 1 atom stereocenters. The van der Waals surface area contributed by atoms with Crippen molar-refractivity contribution >= 4 is 33.3 Å². The molecule has 0 spiro atoms. The first-order chi connectivity index (χ1) is 9.13. The van der Waals surface area contributed by atoms with Gasteiger partial charge in [-0.05, 0) is 19.4 Å². The third kappa shape index (κ3) is 3.33. The van der Waals surface area contributed by atoms with Crippen molar-refractivity contribution in [3.8, 4) is 0 Å². The number of fused-ring (bicyclic) bond motifs is 1. The van der Waals surface area contributed by atoms with Gasteiger partial charge in [0.1, 0.15) is 10.6 Å². The maximum atomic E-state index is 9.80. The van der Waals surface area contributed by atoms with Crippen LogP contribution in [0.15, 0.2) is 6.07 Å². The van der Waals surface area contributed by atoms with Gasteiger partial charge in [-0.25, -0.2) is 4.98 Å². The summed E-state index contributed by atoms with van der Waals surface area (Å²) >= 11 is 1.65. The lowest BCUT2D eigenvalue weighted by molar-refractivity contribution is 0.176. The minimum atomic E-state index is -0.340. The molecular formula is C13H20N4OS. The van der Waals surface area contributed by atoms with Crippen molar-refractivity contribution in [3.63, 3.8) is 0 Å². The smallest absolute Gasteiger partial charge is 0.225 e. The topological polar surface area (TPSA) is 70.1 Å². The predicted molar refractivity (Wildman–Crippen MR) is 81.1 cm³/mol. The van der Waals surface area contributed by atoms with Crippen molar-refractivity contribution in [2.24, 2.45) is 0 Å². The Bertz CT molecular complexity index is 555. The summed E-state index contributed by atoms with van der Waals surface area (Å²) in [4.78, 5) is 11.0. The molecular weight excluding hydrogens is 260 g/mol. The average molecular weight is 280 g/mol. The fourth-order valence-electron chi connectivity index (χ4n) is 1.94. The average Bonchev–Trinajstić information content (AvgIpc) is 2.76. The molecule has 2 rings (SSSR count). The Labute approximate surface area is 117 Å². The number of rotatable bonds is 6. The van der Waals surface area contributed by atoms with Crippen molar-refractivity contribution < 1.29 is 5.11 Å². The number of aryl methyl sites for hydroxylation is 1. The molecule has 3 N–H and O–H groups in total. The number of hydrogen-bond acceptors (Lipinski definition) is 6. The molecule has 0 aliphatic rings. The van der Waals surface area contributed by atoms with E-state index in [1.807, 2.05) is 0 Å². The monoisotopic (exact) mass is 280 g/mol. The van der Waals surface area contributed by atoms with E-state index < -0.39 is 0 Å². The number of aromatic nitrogens is 2. The van der Waals surface area contributed by atoms with Crippen LogP contribution in [0.25, 0.3) is 10.2 Å². The maximum Gasteiger partial charge on any atom is 0.225 e. The molecule has 0 saturated heterocycles. The van der Waals surface area contributed by atoms with Crippen LogP contribution in [0.5, 0.6) is 0 Å². The normalized spacial score (nSPS) is 12.6. The summed E-state index contributed by atoms with van der Waals surface area (Å²) in [5, 5.41) is 17.0. The molecule has 6 heteroatoms. The van der Waals surface area contributed by atoms with Gasteiger partial charge in [0.25, 0.3) is 0 Å². The van der Waals surface area contributed by atoms with Crippen LogP contribution in [0.2, 0.25) is 0 Å². The Balaban J connectivity index is 2.24. The van der Waals surface area contributed by atoms with Gasteiger partial charge in [0.05, 0.1) is 11.5 Å². The van der Waals surface area contributed by atoms with Gasteiger partial charge in [-0.15, -0.1) is 11.3 Å². The van der Waals surface area contributed by atoms with Crippen LogP contribution in [-0.4, -0.2) is 34.8 Å². The molecule has 5 nitrogen and oxygen atoms in total. The van der Waals surface area contributed by atoms with Gasteiger partial charge in [-0.3, -0.25) is 0 Å². The van der Waals surface area contributed by atoms with E-state index in [-0.39, 0.29) is 6.10 Å². The van der Waals surface area contributed by atoms with Crippen LogP contribution in [0.1, 0.15) is 24.6 Å². The highest BCUT2D eigenvalue weighted by Crippen LogP contribution is 2.29. The lowest BCUT2D eigenvalue weighted by Crippen LogP contribution is -2.19. The van der Waals surface area contributed by atoms with E-state index >= 15 is 0 Å². The van der Waals surface area contributed by atoms with Gasteiger partial charge in [-0.1, -0.05) is 13.3 Å². The summed E-state index contributed by atoms with van der Waals surface area (Å²) < 4.78 is 0. The molecule has 0 radical (unpaired) electrons. The second-order valence-corrected chi connectivity index (χ2v) is 5.78. The van der Waals surface area contributed by atoms with Crippen LogP contribution in [0.3, 0.4) is 0 Å². The number of hydrogen-bond donors (Lipinski definition) is 3. The Morgan fingerprint density at radius 2 is 2.21 bits per heavy atom. The van der Waals surface area contributed by atoms with Crippen molar-refractivity contribution in [1.82, 2.24) is 9.97 Å². The lowest BCUT2D eigenvalue weighted by atomic mass is 10.2. The Kier molecular flexibility index (Phi) is 4.55. The van der Waals surface area contributed by atoms with Gasteiger partial charge < -0.3 is 15.7 Å². The summed E-state index contributed by atoms with van der Waals surface area (Å²) in [7, 11) is 1.80. The van der Waals surface area contributed by atoms with Gasteiger partial charge in [0.2, 0.25) is 5.95 Å². The van der Waals surface area contributed by atoms with E-state index in [0.29, 0.717) is 12.5 Å². The number of thiophene rings is 1. The summed E-state index contributed by atoms with van der Waals surface area (Å²) in [5.41, 5.74) is 0. The molecule has 0 aliphatic heterocycles. The van der Waals surface area contributed by atoms with E-state index in [4.69, 9.17) is 0 Å². The summed E-state index contributed by atoms with van der Waals surface area (Å²) in [6.45, 7) is 4.63. The second kappa shape index (κ2) is 6.16. The van der Waals surface area contributed by atoms with Gasteiger partial charge in [0, 0.05) is 18.5 Å². The van der Waals surface area contributed by atoms with E-state index in [1.54, 1.807) is 18.4 Å². The summed E-state index contributed by atoms with van der Waals surface area (Å²) in [6.07, 6.45) is 1.43. The van der Waals surface area contributed by atoms with Crippen molar-refractivity contribution in [3.05, 3.63) is 10.9 Å². The number of aliphatic hydroxyl groups excluding tert-OH is 1. The van der Waals surface area contributed by atoms with E-state index in [2.05, 4.69) is 40.5 Å². The number of nitrogens with zero attached hydrogens (tertiary/aromatic N) is 2. The van der Waals surface area contributed by atoms with Crippen LogP contribution >= 0.6 is 11.3 Å². The Hall–Kier alpha value is -1.40. The first kappa shape index (κ1) is 14.0. The highest BCUT2D eigenvalue weighted by molar-refractivity contribution is 7.18. The zero-order valence-electron chi connectivity index (χ0n) is 11.5. The van der Waals surface area contributed by atoms with E-state index in [9.17, 15) is 5.11 Å². The van der Waals surface area contributed by atoms with Gasteiger partial charge in [-0.2, -0.15) is 4.98 Å². The third-order valence-electron chi connectivity index (χ3n) is 2.87. The highest BCUT2D eigenvalue weighted by Gasteiger charge is 2.11. The summed E-state index contributed by atoms with van der Waals surface area (Å²) in [5.74, 6) is 1.38. The van der Waals surface area contributed by atoms with Crippen LogP contribution in [0.4, 0.5) is 11.8 Å². The molecule has 0 fully saturated rings. The first-order valence-electron chi connectivity index (χ1n) is 6.52. The second-order valence-electron chi connectivity index (χ2n) is 4.55. The molecule has 1 unspecified atom stereocenters. The minimum Gasteiger partial charge on any atom is -0.391 e. The van der Waals surface area contributed by atoms with E-state index in [0.717, 1.165) is 28.9 Å². The minimum absolute atomic E-state index is 0.340. The lowest BCUT2D eigenvalue weighted by Gasteiger charge is -2.12. The van der Waals surface area contributed by atoms with Crippen molar-refractivity contribution in [1.29, 1.82) is 0 Å². The van der Waals surface area contributed by atoms with E-state index in [1.165, 1.54) is 4.88 Å². The largest absolute Gasteiger partial charge is 0.391 e. The van der Waals surface area contributed by atoms with Crippen LogP contribution in [-0.2, 0) is 0 Å². The third-order valence-corrected chi connectivity index (χ3v) is 3.81. The molecule has 2 heterocycles. The standard InChI is InChI=1S/C13H20N4OS/c1-4-5-9(18)7-15-11-10-6-8(2)19-12(10)17-13(14-3)16-11/h6,9,18H,4-5,7H2,1-3H3,(H2,14,15,16,17). The number of nitrogens with one attached hydrogen (secondary N) is 2. The van der Waals surface area contributed by atoms with Gasteiger partial charge >= 0.3 is 0 Å². The number of aliphatic hydroxyl groups is 1. The molecule has 0 saturated carbocycles. The van der Waals surface area contributed by atoms with Crippen LogP contribution in [0, 0.1) is 6.92 Å². The SMILES string of the molecule is CCCC(O)CNc1nc(NC)nc2sc(C)cc12.